The summed E-state index contributed by atoms with van der Waals surface area (Å²) < 4.78 is 40.4. The van der Waals surface area contributed by atoms with E-state index in [9.17, 15) is 28.1 Å². The summed E-state index contributed by atoms with van der Waals surface area (Å²) in [6.07, 6.45) is -4.09. The van der Waals surface area contributed by atoms with Crippen LogP contribution in [0.2, 0.25) is 0 Å². The number of para-hydroxylation sites is 1. The Bertz CT molecular complexity index is 1120. The van der Waals surface area contributed by atoms with Crippen molar-refractivity contribution in [1.82, 2.24) is 9.78 Å². The van der Waals surface area contributed by atoms with Crippen LogP contribution in [0.5, 0.6) is 0 Å². The zero-order valence-corrected chi connectivity index (χ0v) is 16.0. The van der Waals surface area contributed by atoms with Gasteiger partial charge in [0.05, 0.1) is 10.6 Å². The van der Waals surface area contributed by atoms with Crippen molar-refractivity contribution in [1.29, 1.82) is 0 Å². The molecule has 0 saturated carbocycles. The van der Waals surface area contributed by atoms with E-state index in [1.165, 1.54) is 13.0 Å². The third-order valence-electron chi connectivity index (χ3n) is 4.43. The number of aromatic nitrogens is 2. The highest BCUT2D eigenvalue weighted by atomic mass is 19.4. The van der Waals surface area contributed by atoms with E-state index in [1.807, 2.05) is 19.1 Å². The molecule has 1 heterocycles. The molecule has 0 aliphatic carbocycles. The Labute approximate surface area is 169 Å². The number of benzene rings is 2. The smallest absolute Gasteiger partial charge is 0.322 e. The highest BCUT2D eigenvalue weighted by molar-refractivity contribution is 6.05. The minimum Gasteiger partial charge on any atom is -0.322 e. The van der Waals surface area contributed by atoms with Gasteiger partial charge in [0, 0.05) is 17.3 Å². The molecule has 2 aromatic carbocycles. The van der Waals surface area contributed by atoms with Crippen LogP contribution >= 0.6 is 0 Å². The number of hydrogen-bond donors (Lipinski definition) is 1. The van der Waals surface area contributed by atoms with E-state index < -0.39 is 28.4 Å². The summed E-state index contributed by atoms with van der Waals surface area (Å²) in [7, 11) is 0. The van der Waals surface area contributed by atoms with Crippen molar-refractivity contribution in [2.75, 3.05) is 5.32 Å². The van der Waals surface area contributed by atoms with Crippen LogP contribution in [0.15, 0.2) is 48.5 Å². The third kappa shape index (κ3) is 4.17. The number of alkyl halides is 3. The number of nitrogens with one attached hydrogen (secondary N) is 1. The second-order valence-electron chi connectivity index (χ2n) is 6.51. The maximum atomic E-state index is 13.3. The lowest BCUT2D eigenvalue weighted by molar-refractivity contribution is -0.384. The summed E-state index contributed by atoms with van der Waals surface area (Å²) in [4.78, 5) is 23.3. The number of anilines is 1. The monoisotopic (exact) mass is 418 g/mol. The molecule has 1 N–H and O–H groups in total. The van der Waals surface area contributed by atoms with E-state index in [-0.39, 0.29) is 16.9 Å². The molecule has 0 aliphatic heterocycles. The number of nitro groups is 1. The number of carbonyl (C=O) groups excluding carboxylic acids is 1. The van der Waals surface area contributed by atoms with Gasteiger partial charge >= 0.3 is 6.18 Å². The highest BCUT2D eigenvalue weighted by Crippen LogP contribution is 2.34. The van der Waals surface area contributed by atoms with Crippen molar-refractivity contribution < 1.29 is 22.9 Å². The fourth-order valence-electron chi connectivity index (χ4n) is 3.02. The van der Waals surface area contributed by atoms with Crippen LogP contribution in [-0.2, 0) is 12.6 Å². The molecule has 0 radical (unpaired) electrons. The van der Waals surface area contributed by atoms with E-state index >= 15 is 0 Å². The van der Waals surface area contributed by atoms with Crippen molar-refractivity contribution >= 4 is 17.3 Å². The number of carbonyl (C=O) groups is 1. The molecule has 0 bridgehead atoms. The molecule has 3 rings (SSSR count). The number of hydrogen-bond acceptors (Lipinski definition) is 4. The van der Waals surface area contributed by atoms with Gasteiger partial charge in [0.15, 0.2) is 0 Å². The van der Waals surface area contributed by atoms with Crippen molar-refractivity contribution in [3.05, 3.63) is 81.2 Å². The van der Waals surface area contributed by atoms with E-state index in [2.05, 4.69) is 10.4 Å². The third-order valence-corrected chi connectivity index (χ3v) is 4.43. The van der Waals surface area contributed by atoms with Gasteiger partial charge in [-0.05, 0) is 43.2 Å². The van der Waals surface area contributed by atoms with Gasteiger partial charge in [-0.1, -0.05) is 25.1 Å². The molecule has 1 aromatic heterocycles. The Kier molecular flexibility index (Phi) is 5.59. The quantitative estimate of drug-likeness (QED) is 0.470. The molecule has 0 saturated heterocycles. The summed E-state index contributed by atoms with van der Waals surface area (Å²) in [6.45, 7) is 3.26. The van der Waals surface area contributed by atoms with Crippen LogP contribution in [0.25, 0.3) is 5.69 Å². The molecule has 10 heteroatoms. The van der Waals surface area contributed by atoms with E-state index in [4.69, 9.17) is 0 Å². The summed E-state index contributed by atoms with van der Waals surface area (Å²) in [6, 6.07) is 11.1. The Balaban J connectivity index is 2.03. The number of aryl methyl sites for hydroxylation is 2. The van der Waals surface area contributed by atoms with Gasteiger partial charge in [-0.25, -0.2) is 4.68 Å². The van der Waals surface area contributed by atoms with Crippen molar-refractivity contribution in [3.8, 4) is 5.69 Å². The summed E-state index contributed by atoms with van der Waals surface area (Å²) >= 11 is 0. The van der Waals surface area contributed by atoms with Crippen molar-refractivity contribution in [2.24, 2.45) is 0 Å². The molecule has 0 unspecified atom stereocenters. The first kappa shape index (κ1) is 21.0. The Morgan fingerprint density at radius 1 is 1.20 bits per heavy atom. The number of amides is 1. The fourth-order valence-corrected chi connectivity index (χ4v) is 3.02. The van der Waals surface area contributed by atoms with Crippen LogP contribution in [0, 0.1) is 17.0 Å². The maximum Gasteiger partial charge on any atom is 0.433 e. The van der Waals surface area contributed by atoms with Gasteiger partial charge in [-0.15, -0.1) is 0 Å². The molecule has 0 atom stereocenters. The van der Waals surface area contributed by atoms with Crippen molar-refractivity contribution in [3.63, 3.8) is 0 Å². The van der Waals surface area contributed by atoms with Gasteiger partial charge in [-0.3, -0.25) is 14.9 Å². The lowest BCUT2D eigenvalue weighted by atomic mass is 10.1. The number of nitro benzene ring substituents is 1. The first-order chi connectivity index (χ1) is 14.1. The molecular weight excluding hydrogens is 401 g/mol. The SMILES string of the molecule is CCc1ccccc1NC(=O)c1ccc(-n2nc(C)cc2C(F)(F)F)c([N+](=O)[O-])c1. The molecule has 156 valence electrons. The zero-order chi connectivity index (χ0) is 22.1. The summed E-state index contributed by atoms with van der Waals surface area (Å²) in [5.74, 6) is -0.613. The minimum absolute atomic E-state index is 0.0506. The Hall–Kier alpha value is -3.69. The molecule has 0 spiro atoms. The van der Waals surface area contributed by atoms with E-state index in [0.717, 1.165) is 23.8 Å². The first-order valence-electron chi connectivity index (χ1n) is 8.93. The second kappa shape index (κ2) is 7.97. The van der Waals surface area contributed by atoms with Crippen molar-refractivity contribution in [2.45, 2.75) is 26.4 Å². The minimum atomic E-state index is -4.75. The van der Waals surface area contributed by atoms with Gasteiger partial charge in [0.2, 0.25) is 0 Å². The van der Waals surface area contributed by atoms with Crippen LogP contribution in [0.4, 0.5) is 24.5 Å². The number of nitrogens with zero attached hydrogens (tertiary/aromatic N) is 3. The van der Waals surface area contributed by atoms with Crippen LogP contribution in [-0.4, -0.2) is 20.6 Å². The molecule has 3 aromatic rings. The van der Waals surface area contributed by atoms with Gasteiger partial charge in [0.1, 0.15) is 11.4 Å². The first-order valence-corrected chi connectivity index (χ1v) is 8.93. The van der Waals surface area contributed by atoms with E-state index in [0.29, 0.717) is 16.8 Å². The largest absolute Gasteiger partial charge is 0.433 e. The Morgan fingerprint density at radius 3 is 2.53 bits per heavy atom. The average Bonchev–Trinajstić information content (AvgIpc) is 3.10. The molecule has 0 fully saturated rings. The topological polar surface area (TPSA) is 90.1 Å². The predicted octanol–water partition coefficient (Wildman–Crippen LogP) is 4.92. The van der Waals surface area contributed by atoms with Gasteiger partial charge < -0.3 is 5.32 Å². The van der Waals surface area contributed by atoms with Crippen LogP contribution < -0.4 is 5.32 Å². The fraction of sp³-hybridized carbons (Fsp3) is 0.200. The number of halogens is 3. The van der Waals surface area contributed by atoms with E-state index in [1.54, 1.807) is 12.1 Å². The highest BCUT2D eigenvalue weighted by Gasteiger charge is 2.37. The predicted molar refractivity (Wildman–Crippen MR) is 104 cm³/mol. The summed E-state index contributed by atoms with van der Waals surface area (Å²) in [5, 5.41) is 18.0. The lowest BCUT2D eigenvalue weighted by Crippen LogP contribution is -2.16. The second-order valence-corrected chi connectivity index (χ2v) is 6.51. The summed E-state index contributed by atoms with van der Waals surface area (Å²) in [5.41, 5.74) is -0.774. The standard InChI is InChI=1S/C20H17F3N4O3/c1-3-13-6-4-5-7-15(13)24-19(28)14-8-9-16(17(11-14)27(29)30)26-18(20(21,22)23)10-12(2)25-26/h4-11H,3H2,1-2H3,(H,24,28). The molecule has 0 aliphatic rings. The van der Waals surface area contributed by atoms with Gasteiger partial charge in [-0.2, -0.15) is 18.3 Å². The maximum absolute atomic E-state index is 13.3. The molecule has 30 heavy (non-hydrogen) atoms. The number of rotatable bonds is 5. The van der Waals surface area contributed by atoms with Gasteiger partial charge in [0.25, 0.3) is 11.6 Å². The molecular formula is C20H17F3N4O3. The average molecular weight is 418 g/mol. The molecule has 1 amide bonds. The zero-order valence-electron chi connectivity index (χ0n) is 16.0. The lowest BCUT2D eigenvalue weighted by Gasteiger charge is -2.12. The van der Waals surface area contributed by atoms with Crippen LogP contribution in [0.3, 0.4) is 0 Å². The normalized spacial score (nSPS) is 11.4. The molecule has 7 nitrogen and oxygen atoms in total. The van der Waals surface area contributed by atoms with Crippen LogP contribution in [0.1, 0.15) is 34.2 Å². The Morgan fingerprint density at radius 2 is 1.90 bits per heavy atom.